The second-order valence-electron chi connectivity index (χ2n) is 0.0583. The van der Waals surface area contributed by atoms with E-state index >= 15 is 0 Å². The summed E-state index contributed by atoms with van der Waals surface area (Å²) in [5, 5.41) is 0. The van der Waals surface area contributed by atoms with E-state index in [1.807, 2.05) is 0 Å². The molecule has 0 aliphatic rings. The van der Waals surface area contributed by atoms with Crippen molar-refractivity contribution in [2.45, 2.75) is 0 Å². The molecule has 0 aromatic rings. The van der Waals surface area contributed by atoms with Crippen molar-refractivity contribution in [3.05, 3.63) is 0 Å². The van der Waals surface area contributed by atoms with Gasteiger partial charge in [0.1, 0.15) is 39.3 Å². The molecule has 0 bridgehead atoms. The normalized spacial score (nSPS) is 4.50. The van der Waals surface area contributed by atoms with Crippen molar-refractivity contribution < 1.29 is 2.16 Å². The second-order valence-corrected chi connectivity index (χ2v) is 2.03. The van der Waals surface area contributed by atoms with Gasteiger partial charge in [-0.15, -0.1) is 0 Å². The summed E-state index contributed by atoms with van der Waals surface area (Å²) in [6, 6.07) is 0. The maximum absolute atomic E-state index is 4.03. The first kappa shape index (κ1) is 9.43. The molecule has 0 saturated heterocycles. The third kappa shape index (κ3) is 8.94. The van der Waals surface area contributed by atoms with Crippen LogP contribution in [0.5, 0.6) is 0 Å². The Labute approximate surface area is 67.8 Å². The van der Waals surface area contributed by atoms with Crippen LogP contribution >= 0.6 is 39.3 Å². The van der Waals surface area contributed by atoms with Crippen LogP contribution in [0.3, 0.4) is 0 Å². The van der Waals surface area contributed by atoms with Crippen molar-refractivity contribution in [1.29, 1.82) is 0 Å². The Hall–Kier alpha value is 2.09. The molecule has 0 aromatic carbocycles. The van der Waals surface area contributed by atoms with Crippen molar-refractivity contribution in [2.75, 3.05) is 0 Å². The summed E-state index contributed by atoms with van der Waals surface area (Å²) in [6.45, 7) is 0. The van der Waals surface area contributed by atoms with Gasteiger partial charge in [-0.1, -0.05) is 0 Å². The van der Waals surface area contributed by atoms with E-state index in [9.17, 15) is 0 Å². The molecule has 2 radical (unpaired) electrons. The molecule has 0 heterocycles. The predicted molar refractivity (Wildman–Crippen MR) is 32.6 cm³/mol. The van der Waals surface area contributed by atoms with Crippen LogP contribution in [0, 0.1) is 0 Å². The molecule has 26 valence electrons. The Morgan fingerprint density at radius 3 is 1.75 bits per heavy atom. The average Bonchev–Trinajstić information content (AvgIpc) is 0.918. The minimum atomic E-state index is 0. The minimum absolute atomic E-state index is 0. The van der Waals surface area contributed by atoms with Crippen LogP contribution in [-0.2, 0) is 2.16 Å². The first-order chi connectivity index (χ1) is 1.41. The molecule has 4 heavy (non-hydrogen) atoms. The van der Waals surface area contributed by atoms with Gasteiger partial charge < -0.3 is 0 Å². The average molecular weight is 432 g/mol. The van der Waals surface area contributed by atoms with Gasteiger partial charge in [-0.2, -0.15) is 0 Å². The zero-order chi connectivity index (χ0) is 2.71. The zero-order valence-corrected chi connectivity index (χ0v) is 11.1. The molecule has 0 atom stereocenters. The molecule has 0 spiro atoms. The monoisotopic (exact) mass is 432 g/mol. The number of hydrogen-bond acceptors (Lipinski definition) is 1. The van der Waals surface area contributed by atoms with E-state index in [2.05, 4.69) is 18.4 Å². The summed E-state index contributed by atoms with van der Waals surface area (Å²) in [4.78, 5) is 0. The van der Waals surface area contributed by atoms with E-state index in [1.165, 1.54) is 0 Å². The third-order valence-corrected chi connectivity index (χ3v) is 0. The molecule has 0 rings (SSSR count). The number of hydrogen-bond donors (Lipinski definition) is 0. The van der Waals surface area contributed by atoms with Gasteiger partial charge in [0, 0.05) is 0 Å². The molecule has 1 nitrogen and oxygen atoms in total. The molecule has 0 fully saturated rings. The van der Waals surface area contributed by atoms with E-state index in [-0.39, 0.29) is 27.3 Å². The molecule has 0 amide bonds. The number of halogens is 2. The maximum atomic E-state index is 4.03. The van der Waals surface area contributed by atoms with Crippen LogP contribution in [0.4, 0.5) is 0 Å². The van der Waals surface area contributed by atoms with Gasteiger partial charge in [-0.05, 0) is 0 Å². The first-order valence-corrected chi connectivity index (χ1v) is 1.84. The zero-order valence-electron chi connectivity index (χ0n) is 1.87. The predicted octanol–water partition coefficient (Wildman–Crippen LogP) is 0.747. The summed E-state index contributed by atoms with van der Waals surface area (Å²) in [7, 11) is 0. The fourth-order valence-corrected chi connectivity index (χ4v) is 0. The van der Waals surface area contributed by atoms with E-state index in [1.54, 1.807) is 23.0 Å². The fraction of sp³-hybridized carbons (Fsp3) is 0. The fourth-order valence-electron chi connectivity index (χ4n) is 0. The van der Waals surface area contributed by atoms with Crippen LogP contribution < -0.4 is 0 Å². The standard InChI is InChI=1S/BrIO.Pb.2H/c1-3-2;;;. The van der Waals surface area contributed by atoms with E-state index in [0.29, 0.717) is 0 Å². The summed E-state index contributed by atoms with van der Waals surface area (Å²) in [5.41, 5.74) is 0. The Balaban J connectivity index is 0. The van der Waals surface area contributed by atoms with Crippen LogP contribution in [0.1, 0.15) is 0 Å². The van der Waals surface area contributed by atoms with Gasteiger partial charge in [0.25, 0.3) is 0 Å². The number of rotatable bonds is 0. The third-order valence-electron chi connectivity index (χ3n) is 0. The van der Waals surface area contributed by atoms with Crippen LogP contribution in [-0.4, -0.2) is 27.3 Å². The van der Waals surface area contributed by atoms with Crippen molar-refractivity contribution >= 4 is 66.6 Å². The Morgan fingerprint density at radius 1 is 1.75 bits per heavy atom. The van der Waals surface area contributed by atoms with Crippen molar-refractivity contribution in [1.82, 2.24) is 0 Å². The molecule has 4 heteroatoms. The molecular weight excluding hydrogens is 430 g/mol. The molecular formula is H2BrIOPb. The molecule has 0 N–H and O–H groups in total. The molecule has 0 aliphatic heterocycles. The van der Waals surface area contributed by atoms with Gasteiger partial charge in [0.15, 0.2) is 0 Å². The molecule has 0 aliphatic carbocycles. The quantitative estimate of drug-likeness (QED) is 0.406. The second kappa shape index (κ2) is 8.92. The van der Waals surface area contributed by atoms with Crippen molar-refractivity contribution in [3.63, 3.8) is 0 Å². The molecule has 0 aromatic heterocycles. The van der Waals surface area contributed by atoms with E-state index in [4.69, 9.17) is 0 Å². The van der Waals surface area contributed by atoms with Crippen LogP contribution in [0.2, 0.25) is 0 Å². The summed E-state index contributed by atoms with van der Waals surface area (Å²) < 4.78 is 4.03. The summed E-state index contributed by atoms with van der Waals surface area (Å²) >= 11 is 4.34. The van der Waals surface area contributed by atoms with Crippen molar-refractivity contribution in [3.8, 4) is 0 Å². The van der Waals surface area contributed by atoms with Crippen LogP contribution in [0.25, 0.3) is 0 Å². The van der Waals surface area contributed by atoms with Gasteiger partial charge in [0.2, 0.25) is 0 Å². The van der Waals surface area contributed by atoms with E-state index < -0.39 is 0 Å². The SMILES string of the molecule is BrOI.[PbH2]. The van der Waals surface area contributed by atoms with Gasteiger partial charge in [-0.25, -0.2) is 2.16 Å². The molecule has 0 unspecified atom stereocenters. The van der Waals surface area contributed by atoms with E-state index in [0.717, 1.165) is 0 Å². The molecule has 0 saturated carbocycles. The van der Waals surface area contributed by atoms with Crippen LogP contribution in [0.15, 0.2) is 0 Å². The van der Waals surface area contributed by atoms with Gasteiger partial charge in [0.05, 0.1) is 0 Å². The Kier molecular flexibility index (Phi) is 21.0. The van der Waals surface area contributed by atoms with Crippen molar-refractivity contribution in [2.24, 2.45) is 0 Å². The Bertz CT molecular complexity index is 8.00. The van der Waals surface area contributed by atoms with Gasteiger partial charge in [-0.3, -0.25) is 0 Å². The summed E-state index contributed by atoms with van der Waals surface area (Å²) in [5.74, 6) is 0. The first-order valence-electron chi connectivity index (χ1n) is 0.309. The Morgan fingerprint density at radius 2 is 1.75 bits per heavy atom. The summed E-state index contributed by atoms with van der Waals surface area (Å²) in [6.07, 6.45) is 0. The topological polar surface area (TPSA) is 9.23 Å². The van der Waals surface area contributed by atoms with Gasteiger partial charge >= 0.3 is 27.3 Å².